The Balaban J connectivity index is 2.29. The maximum Gasteiger partial charge on any atom is 0.147 e. The van der Waals surface area contributed by atoms with Crippen molar-refractivity contribution >= 4 is 11.6 Å². The largest absolute Gasteiger partial charge is 0.299 e. The van der Waals surface area contributed by atoms with Crippen LogP contribution in [0.25, 0.3) is 0 Å². The standard InChI is InChI=1S/C14H22O2/c1-9(2)11-5-4-10(3)14(8-11)12(15)6-7-13(14)16/h9-11H,4-8H2,1-3H3/t10-,11+/m1/s1. The average Bonchev–Trinajstić information content (AvgIpc) is 2.51. The lowest BCUT2D eigenvalue weighted by Crippen LogP contribution is -2.45. The normalized spacial score (nSPS) is 34.0. The van der Waals surface area contributed by atoms with E-state index in [2.05, 4.69) is 20.8 Å². The molecular formula is C14H22O2. The molecule has 0 unspecified atom stereocenters. The van der Waals surface area contributed by atoms with Gasteiger partial charge in [0.05, 0.1) is 5.41 Å². The van der Waals surface area contributed by atoms with Gasteiger partial charge in [0.15, 0.2) is 0 Å². The van der Waals surface area contributed by atoms with Crippen molar-refractivity contribution in [2.75, 3.05) is 0 Å². The summed E-state index contributed by atoms with van der Waals surface area (Å²) >= 11 is 0. The molecule has 2 nitrogen and oxygen atoms in total. The lowest BCUT2D eigenvalue weighted by atomic mass is 9.60. The molecule has 0 heterocycles. The topological polar surface area (TPSA) is 34.1 Å². The Bertz CT molecular complexity index is 301. The van der Waals surface area contributed by atoms with E-state index in [4.69, 9.17) is 0 Å². The quantitative estimate of drug-likeness (QED) is 0.639. The van der Waals surface area contributed by atoms with E-state index in [1.807, 2.05) is 0 Å². The minimum atomic E-state index is -0.576. The van der Waals surface area contributed by atoms with Crippen LogP contribution in [0.2, 0.25) is 0 Å². The van der Waals surface area contributed by atoms with E-state index in [9.17, 15) is 9.59 Å². The van der Waals surface area contributed by atoms with Gasteiger partial charge in [-0.2, -0.15) is 0 Å². The molecule has 2 atom stereocenters. The van der Waals surface area contributed by atoms with E-state index >= 15 is 0 Å². The summed E-state index contributed by atoms with van der Waals surface area (Å²) in [5.74, 6) is 1.88. The average molecular weight is 222 g/mol. The SMILES string of the molecule is CC(C)[C@H]1CC[C@@H](C)C2(C1)C(=O)CCC2=O. The molecule has 2 aliphatic rings. The van der Waals surface area contributed by atoms with Gasteiger partial charge in [0.1, 0.15) is 11.6 Å². The highest BCUT2D eigenvalue weighted by molar-refractivity contribution is 6.13. The molecule has 2 fully saturated rings. The number of hydrogen-bond donors (Lipinski definition) is 0. The second-order valence-electron chi connectivity index (χ2n) is 6.00. The monoisotopic (exact) mass is 222 g/mol. The Morgan fingerprint density at radius 3 is 2.19 bits per heavy atom. The molecule has 0 saturated heterocycles. The molecule has 2 saturated carbocycles. The summed E-state index contributed by atoms with van der Waals surface area (Å²) < 4.78 is 0. The van der Waals surface area contributed by atoms with Crippen LogP contribution in [0.3, 0.4) is 0 Å². The van der Waals surface area contributed by atoms with E-state index in [0.717, 1.165) is 12.8 Å². The first-order valence-corrected chi connectivity index (χ1v) is 6.55. The minimum absolute atomic E-state index is 0.232. The predicted octanol–water partition coefficient (Wildman–Crippen LogP) is 3.00. The van der Waals surface area contributed by atoms with Crippen LogP contribution in [0.15, 0.2) is 0 Å². The Morgan fingerprint density at radius 2 is 1.69 bits per heavy atom. The summed E-state index contributed by atoms with van der Waals surface area (Å²) in [6, 6.07) is 0. The summed E-state index contributed by atoms with van der Waals surface area (Å²) in [5.41, 5.74) is -0.576. The highest BCUT2D eigenvalue weighted by Gasteiger charge is 2.55. The molecule has 1 spiro atoms. The number of rotatable bonds is 1. The minimum Gasteiger partial charge on any atom is -0.299 e. The summed E-state index contributed by atoms with van der Waals surface area (Å²) in [6.07, 6.45) is 4.03. The van der Waals surface area contributed by atoms with Gasteiger partial charge >= 0.3 is 0 Å². The van der Waals surface area contributed by atoms with Crippen molar-refractivity contribution in [2.24, 2.45) is 23.2 Å². The van der Waals surface area contributed by atoms with Crippen LogP contribution in [0, 0.1) is 23.2 Å². The zero-order chi connectivity index (χ0) is 11.9. The molecule has 0 aromatic heterocycles. The van der Waals surface area contributed by atoms with Crippen LogP contribution in [0.5, 0.6) is 0 Å². The van der Waals surface area contributed by atoms with Crippen molar-refractivity contribution in [3.63, 3.8) is 0 Å². The first-order chi connectivity index (χ1) is 7.48. The molecule has 0 aromatic carbocycles. The molecule has 0 N–H and O–H groups in total. The molecule has 0 aromatic rings. The number of hydrogen-bond acceptors (Lipinski definition) is 2. The number of ketones is 2. The molecule has 0 radical (unpaired) electrons. The van der Waals surface area contributed by atoms with E-state index in [-0.39, 0.29) is 17.5 Å². The third kappa shape index (κ3) is 1.54. The Hall–Kier alpha value is -0.660. The van der Waals surface area contributed by atoms with Gasteiger partial charge in [0.25, 0.3) is 0 Å². The van der Waals surface area contributed by atoms with Crippen LogP contribution in [-0.4, -0.2) is 11.6 Å². The van der Waals surface area contributed by atoms with Gasteiger partial charge in [-0.25, -0.2) is 0 Å². The molecule has 0 bridgehead atoms. The predicted molar refractivity (Wildman–Crippen MR) is 63.0 cm³/mol. The lowest BCUT2D eigenvalue weighted by molar-refractivity contribution is -0.142. The van der Waals surface area contributed by atoms with E-state index in [1.54, 1.807) is 0 Å². The van der Waals surface area contributed by atoms with Crippen molar-refractivity contribution < 1.29 is 9.59 Å². The van der Waals surface area contributed by atoms with Gasteiger partial charge in [0, 0.05) is 12.8 Å². The van der Waals surface area contributed by atoms with Crippen molar-refractivity contribution in [2.45, 2.75) is 52.9 Å². The lowest BCUT2D eigenvalue weighted by Gasteiger charge is -2.42. The second-order valence-corrected chi connectivity index (χ2v) is 6.00. The maximum absolute atomic E-state index is 12.1. The molecular weight excluding hydrogens is 200 g/mol. The molecule has 90 valence electrons. The van der Waals surface area contributed by atoms with Crippen molar-refractivity contribution in [3.05, 3.63) is 0 Å². The van der Waals surface area contributed by atoms with Gasteiger partial charge in [-0.05, 0) is 37.0 Å². The van der Waals surface area contributed by atoms with Crippen molar-refractivity contribution in [3.8, 4) is 0 Å². The van der Waals surface area contributed by atoms with Gasteiger partial charge in [-0.15, -0.1) is 0 Å². The first-order valence-electron chi connectivity index (χ1n) is 6.55. The molecule has 0 amide bonds. The van der Waals surface area contributed by atoms with Crippen LogP contribution in [0.4, 0.5) is 0 Å². The molecule has 2 heteroatoms. The summed E-state index contributed by atoms with van der Waals surface area (Å²) in [6.45, 7) is 6.51. The van der Waals surface area contributed by atoms with E-state index in [0.29, 0.717) is 24.7 Å². The smallest absolute Gasteiger partial charge is 0.147 e. The first kappa shape index (κ1) is 11.8. The third-order valence-corrected chi connectivity index (χ3v) is 4.91. The van der Waals surface area contributed by atoms with E-state index < -0.39 is 5.41 Å². The van der Waals surface area contributed by atoms with Gasteiger partial charge in [0.2, 0.25) is 0 Å². The van der Waals surface area contributed by atoms with Crippen LogP contribution in [0.1, 0.15) is 52.9 Å². The van der Waals surface area contributed by atoms with Crippen LogP contribution < -0.4 is 0 Å². The van der Waals surface area contributed by atoms with Crippen molar-refractivity contribution in [1.82, 2.24) is 0 Å². The molecule has 0 aliphatic heterocycles. The summed E-state index contributed by atoms with van der Waals surface area (Å²) in [7, 11) is 0. The van der Waals surface area contributed by atoms with Crippen LogP contribution in [-0.2, 0) is 9.59 Å². The Labute approximate surface area is 97.8 Å². The molecule has 2 rings (SSSR count). The highest BCUT2D eigenvalue weighted by atomic mass is 16.2. The fraction of sp³-hybridized carbons (Fsp3) is 0.857. The Morgan fingerprint density at radius 1 is 1.12 bits per heavy atom. The van der Waals surface area contributed by atoms with E-state index in [1.165, 1.54) is 6.42 Å². The summed E-state index contributed by atoms with van der Waals surface area (Å²) in [4.78, 5) is 24.2. The molecule has 16 heavy (non-hydrogen) atoms. The fourth-order valence-corrected chi connectivity index (χ4v) is 3.60. The van der Waals surface area contributed by atoms with Crippen LogP contribution >= 0.6 is 0 Å². The Kier molecular flexibility index (Phi) is 2.93. The van der Waals surface area contributed by atoms with Gasteiger partial charge in [-0.1, -0.05) is 20.8 Å². The fourth-order valence-electron chi connectivity index (χ4n) is 3.60. The van der Waals surface area contributed by atoms with Crippen molar-refractivity contribution in [1.29, 1.82) is 0 Å². The van der Waals surface area contributed by atoms with Gasteiger partial charge in [-0.3, -0.25) is 9.59 Å². The maximum atomic E-state index is 12.1. The van der Waals surface area contributed by atoms with Gasteiger partial charge < -0.3 is 0 Å². The molecule has 2 aliphatic carbocycles. The number of carbonyl (C=O) groups is 2. The number of Topliss-reactive ketones (excluding diaryl/α,β-unsaturated/α-hetero) is 2. The summed E-state index contributed by atoms with van der Waals surface area (Å²) in [5, 5.41) is 0. The second kappa shape index (κ2) is 3.97. The third-order valence-electron chi connectivity index (χ3n) is 4.91. The zero-order valence-corrected chi connectivity index (χ0v) is 10.6. The highest BCUT2D eigenvalue weighted by Crippen LogP contribution is 2.51. The zero-order valence-electron chi connectivity index (χ0n) is 10.6. The number of carbonyl (C=O) groups excluding carboxylic acids is 2.